The maximum atomic E-state index is 5.70. The van der Waals surface area contributed by atoms with Crippen molar-refractivity contribution in [3.8, 4) is 0 Å². The molecule has 1 fully saturated rings. The first-order valence-electron chi connectivity index (χ1n) is 6.51. The standard InChI is InChI=1S/C14H22BrN3/c1-17(2)13-6-8-18(10-13)14-9-12(15)4-3-11(14)5-7-16/h3-4,9,13H,5-8,10,16H2,1-2H3. The lowest BCUT2D eigenvalue weighted by atomic mass is 10.1. The van der Waals surface area contributed by atoms with E-state index >= 15 is 0 Å². The number of anilines is 1. The van der Waals surface area contributed by atoms with Crippen molar-refractivity contribution in [1.29, 1.82) is 0 Å². The average Bonchev–Trinajstić information content (AvgIpc) is 2.81. The highest BCUT2D eigenvalue weighted by Gasteiger charge is 2.25. The van der Waals surface area contributed by atoms with Crippen LogP contribution in [0.1, 0.15) is 12.0 Å². The minimum absolute atomic E-state index is 0.662. The van der Waals surface area contributed by atoms with Gasteiger partial charge in [0.15, 0.2) is 0 Å². The minimum atomic E-state index is 0.662. The largest absolute Gasteiger partial charge is 0.370 e. The van der Waals surface area contributed by atoms with Crippen LogP contribution in [0, 0.1) is 0 Å². The number of hydrogen-bond acceptors (Lipinski definition) is 3. The second kappa shape index (κ2) is 6.04. The Labute approximate surface area is 118 Å². The molecule has 1 aromatic rings. The van der Waals surface area contributed by atoms with Gasteiger partial charge in [-0.1, -0.05) is 22.0 Å². The minimum Gasteiger partial charge on any atom is -0.370 e. The van der Waals surface area contributed by atoms with E-state index in [9.17, 15) is 0 Å². The van der Waals surface area contributed by atoms with Crippen molar-refractivity contribution in [3.05, 3.63) is 28.2 Å². The van der Waals surface area contributed by atoms with Gasteiger partial charge in [-0.2, -0.15) is 0 Å². The van der Waals surface area contributed by atoms with Gasteiger partial charge < -0.3 is 15.5 Å². The van der Waals surface area contributed by atoms with E-state index in [1.54, 1.807) is 0 Å². The molecule has 18 heavy (non-hydrogen) atoms. The third-order valence-corrected chi connectivity index (χ3v) is 4.19. The predicted molar refractivity (Wildman–Crippen MR) is 81.2 cm³/mol. The molecule has 0 aliphatic carbocycles. The van der Waals surface area contributed by atoms with Gasteiger partial charge >= 0.3 is 0 Å². The Morgan fingerprint density at radius 1 is 1.44 bits per heavy atom. The van der Waals surface area contributed by atoms with Crippen LogP contribution >= 0.6 is 15.9 Å². The van der Waals surface area contributed by atoms with Crippen LogP contribution in [-0.2, 0) is 6.42 Å². The lowest BCUT2D eigenvalue weighted by Gasteiger charge is -2.24. The molecule has 0 bridgehead atoms. The molecule has 1 aliphatic heterocycles. The van der Waals surface area contributed by atoms with Crippen LogP contribution in [0.15, 0.2) is 22.7 Å². The Balaban J connectivity index is 2.19. The summed E-state index contributed by atoms with van der Waals surface area (Å²) in [5.74, 6) is 0. The second-order valence-corrected chi connectivity index (χ2v) is 6.08. The first kappa shape index (κ1) is 13.8. The van der Waals surface area contributed by atoms with Crippen LogP contribution < -0.4 is 10.6 Å². The monoisotopic (exact) mass is 311 g/mol. The number of benzene rings is 1. The van der Waals surface area contributed by atoms with Crippen LogP contribution in [0.2, 0.25) is 0 Å². The third-order valence-electron chi connectivity index (χ3n) is 3.70. The van der Waals surface area contributed by atoms with Gasteiger partial charge in [0, 0.05) is 29.3 Å². The Kier molecular flexibility index (Phi) is 4.65. The SMILES string of the molecule is CN(C)C1CCN(c2cc(Br)ccc2CCN)C1. The summed E-state index contributed by atoms with van der Waals surface area (Å²) in [4.78, 5) is 4.81. The Morgan fingerprint density at radius 3 is 2.83 bits per heavy atom. The molecule has 1 atom stereocenters. The number of nitrogens with zero attached hydrogens (tertiary/aromatic N) is 2. The van der Waals surface area contributed by atoms with Crippen molar-refractivity contribution >= 4 is 21.6 Å². The van der Waals surface area contributed by atoms with Gasteiger partial charge in [-0.05, 0) is 51.2 Å². The van der Waals surface area contributed by atoms with Gasteiger partial charge in [-0.15, -0.1) is 0 Å². The summed E-state index contributed by atoms with van der Waals surface area (Å²) >= 11 is 3.57. The van der Waals surface area contributed by atoms with Crippen LogP contribution in [0.25, 0.3) is 0 Å². The fourth-order valence-corrected chi connectivity index (χ4v) is 2.93. The Morgan fingerprint density at radius 2 is 2.22 bits per heavy atom. The van der Waals surface area contributed by atoms with Crippen molar-refractivity contribution in [1.82, 2.24) is 4.90 Å². The zero-order valence-corrected chi connectivity index (χ0v) is 12.8. The van der Waals surface area contributed by atoms with Gasteiger partial charge in [0.1, 0.15) is 0 Å². The Bertz CT molecular complexity index is 406. The predicted octanol–water partition coefficient (Wildman–Crippen LogP) is 2.09. The molecular weight excluding hydrogens is 290 g/mol. The summed E-state index contributed by atoms with van der Waals surface area (Å²) in [6.45, 7) is 2.96. The van der Waals surface area contributed by atoms with Crippen molar-refractivity contribution in [2.24, 2.45) is 5.73 Å². The quantitative estimate of drug-likeness (QED) is 0.924. The van der Waals surface area contributed by atoms with E-state index in [1.165, 1.54) is 17.7 Å². The molecule has 4 heteroatoms. The van der Waals surface area contributed by atoms with Crippen LogP contribution in [0.3, 0.4) is 0 Å². The summed E-state index contributed by atoms with van der Waals surface area (Å²) in [7, 11) is 4.33. The highest BCUT2D eigenvalue weighted by atomic mass is 79.9. The maximum Gasteiger partial charge on any atom is 0.0411 e. The zero-order chi connectivity index (χ0) is 13.1. The van der Waals surface area contributed by atoms with Gasteiger partial charge in [0.2, 0.25) is 0 Å². The molecule has 0 spiro atoms. The smallest absolute Gasteiger partial charge is 0.0411 e. The molecular formula is C14H22BrN3. The summed E-state index contributed by atoms with van der Waals surface area (Å²) in [6, 6.07) is 7.18. The van der Waals surface area contributed by atoms with Gasteiger partial charge in [-0.3, -0.25) is 0 Å². The molecule has 2 rings (SSSR count). The maximum absolute atomic E-state index is 5.70. The third kappa shape index (κ3) is 3.05. The summed E-state index contributed by atoms with van der Waals surface area (Å²) in [5, 5.41) is 0. The fourth-order valence-electron chi connectivity index (χ4n) is 2.58. The summed E-state index contributed by atoms with van der Waals surface area (Å²) in [5.41, 5.74) is 8.41. The number of hydrogen-bond donors (Lipinski definition) is 1. The molecule has 1 aromatic carbocycles. The molecule has 100 valence electrons. The molecule has 0 amide bonds. The highest BCUT2D eigenvalue weighted by Crippen LogP contribution is 2.29. The van der Waals surface area contributed by atoms with E-state index in [0.717, 1.165) is 24.0 Å². The molecule has 0 radical (unpaired) electrons. The van der Waals surface area contributed by atoms with Crippen molar-refractivity contribution < 1.29 is 0 Å². The van der Waals surface area contributed by atoms with Crippen LogP contribution in [0.5, 0.6) is 0 Å². The van der Waals surface area contributed by atoms with E-state index in [1.807, 2.05) is 0 Å². The van der Waals surface area contributed by atoms with Crippen LogP contribution in [-0.4, -0.2) is 44.7 Å². The molecule has 0 saturated carbocycles. The summed E-state index contributed by atoms with van der Waals surface area (Å²) in [6.07, 6.45) is 2.19. The second-order valence-electron chi connectivity index (χ2n) is 5.16. The first-order valence-corrected chi connectivity index (χ1v) is 7.31. The molecule has 1 saturated heterocycles. The van der Waals surface area contributed by atoms with E-state index in [2.05, 4.69) is 58.0 Å². The molecule has 0 aromatic heterocycles. The van der Waals surface area contributed by atoms with E-state index in [0.29, 0.717) is 12.6 Å². The van der Waals surface area contributed by atoms with E-state index in [4.69, 9.17) is 5.73 Å². The number of halogens is 1. The topological polar surface area (TPSA) is 32.5 Å². The van der Waals surface area contributed by atoms with E-state index < -0.39 is 0 Å². The molecule has 3 nitrogen and oxygen atoms in total. The fraction of sp³-hybridized carbons (Fsp3) is 0.571. The molecule has 1 heterocycles. The lowest BCUT2D eigenvalue weighted by Crippen LogP contribution is -2.31. The average molecular weight is 312 g/mol. The number of nitrogens with two attached hydrogens (primary N) is 1. The zero-order valence-electron chi connectivity index (χ0n) is 11.2. The number of likely N-dealkylation sites (N-methyl/N-ethyl adjacent to an activating group) is 1. The molecule has 2 N–H and O–H groups in total. The molecule has 1 aliphatic rings. The van der Waals surface area contributed by atoms with Gasteiger partial charge in [-0.25, -0.2) is 0 Å². The first-order chi connectivity index (χ1) is 8.61. The van der Waals surface area contributed by atoms with Gasteiger partial charge in [0.05, 0.1) is 0 Å². The lowest BCUT2D eigenvalue weighted by molar-refractivity contribution is 0.315. The number of rotatable bonds is 4. The van der Waals surface area contributed by atoms with Crippen molar-refractivity contribution in [2.75, 3.05) is 38.6 Å². The Hall–Kier alpha value is -0.580. The normalized spacial score (nSPS) is 19.8. The highest BCUT2D eigenvalue weighted by molar-refractivity contribution is 9.10. The van der Waals surface area contributed by atoms with E-state index in [-0.39, 0.29) is 0 Å². The van der Waals surface area contributed by atoms with Crippen LogP contribution in [0.4, 0.5) is 5.69 Å². The van der Waals surface area contributed by atoms with Crippen molar-refractivity contribution in [3.63, 3.8) is 0 Å². The van der Waals surface area contributed by atoms with Gasteiger partial charge in [0.25, 0.3) is 0 Å². The van der Waals surface area contributed by atoms with Crippen molar-refractivity contribution in [2.45, 2.75) is 18.9 Å². The molecule has 1 unspecified atom stereocenters. The summed E-state index contributed by atoms with van der Waals surface area (Å²) < 4.78 is 1.14.